The Bertz CT molecular complexity index is 908. The van der Waals surface area contributed by atoms with E-state index in [4.69, 9.17) is 4.42 Å². The number of hydrogen-bond acceptors (Lipinski definition) is 3. The zero-order valence-corrected chi connectivity index (χ0v) is 12.2. The molecular formula is C18H15N3O. The van der Waals surface area contributed by atoms with Crippen LogP contribution in [0.25, 0.3) is 10.9 Å². The van der Waals surface area contributed by atoms with E-state index in [1.165, 1.54) is 5.39 Å². The smallest absolute Gasteiger partial charge is 0.228 e. The molecule has 2 heterocycles. The average Bonchev–Trinajstić information content (AvgIpc) is 3.16. The first-order valence-electron chi connectivity index (χ1n) is 7.24. The van der Waals surface area contributed by atoms with E-state index in [0.29, 0.717) is 11.8 Å². The fourth-order valence-corrected chi connectivity index (χ4v) is 2.86. The highest BCUT2D eigenvalue weighted by Gasteiger charge is 2.24. The van der Waals surface area contributed by atoms with Crippen LogP contribution in [0.5, 0.6) is 0 Å². The van der Waals surface area contributed by atoms with Crippen LogP contribution in [0.2, 0.25) is 0 Å². The monoisotopic (exact) mass is 289 g/mol. The molecule has 4 aromatic rings. The number of aromatic nitrogens is 3. The number of rotatable bonds is 3. The summed E-state index contributed by atoms with van der Waals surface area (Å²) in [5.41, 5.74) is 3.39. The molecule has 0 aliphatic rings. The largest absolute Gasteiger partial charge is 0.425 e. The molecule has 0 aliphatic heterocycles. The molecule has 0 radical (unpaired) electrons. The Kier molecular flexibility index (Phi) is 3.00. The summed E-state index contributed by atoms with van der Waals surface area (Å²) < 4.78 is 5.74. The predicted molar refractivity (Wildman–Crippen MR) is 84.7 cm³/mol. The van der Waals surface area contributed by atoms with Crippen LogP contribution >= 0.6 is 0 Å². The Morgan fingerprint density at radius 1 is 0.955 bits per heavy atom. The van der Waals surface area contributed by atoms with Crippen molar-refractivity contribution in [2.45, 2.75) is 12.8 Å². The van der Waals surface area contributed by atoms with Gasteiger partial charge >= 0.3 is 0 Å². The predicted octanol–water partition coefficient (Wildman–Crippen LogP) is 4.04. The van der Waals surface area contributed by atoms with Gasteiger partial charge in [-0.2, -0.15) is 0 Å². The standard InChI is InChI=1S/C18H15N3O/c1-12-20-21-18(22-12)17(13-7-3-2-4-8-13)15-11-19-16-10-6-5-9-14(15)16/h2-11,17,19H,1H3. The minimum atomic E-state index is -0.0708. The molecule has 0 saturated heterocycles. The first-order valence-corrected chi connectivity index (χ1v) is 7.24. The van der Waals surface area contributed by atoms with Gasteiger partial charge in [0.1, 0.15) is 0 Å². The zero-order chi connectivity index (χ0) is 14.9. The van der Waals surface area contributed by atoms with Crippen LogP contribution in [0.4, 0.5) is 0 Å². The quantitative estimate of drug-likeness (QED) is 0.619. The number of nitrogens with one attached hydrogen (secondary N) is 1. The molecule has 0 fully saturated rings. The molecule has 0 saturated carbocycles. The van der Waals surface area contributed by atoms with Gasteiger partial charge in [0.05, 0.1) is 5.92 Å². The topological polar surface area (TPSA) is 54.7 Å². The second-order valence-corrected chi connectivity index (χ2v) is 5.29. The molecule has 1 unspecified atom stereocenters. The highest BCUT2D eigenvalue weighted by atomic mass is 16.4. The third kappa shape index (κ3) is 2.09. The normalized spacial score (nSPS) is 12.6. The number of aryl methyl sites for hydroxylation is 1. The van der Waals surface area contributed by atoms with E-state index >= 15 is 0 Å². The molecule has 1 atom stereocenters. The molecule has 2 aromatic heterocycles. The molecule has 0 spiro atoms. The molecule has 0 aliphatic carbocycles. The van der Waals surface area contributed by atoms with E-state index in [2.05, 4.69) is 39.4 Å². The summed E-state index contributed by atoms with van der Waals surface area (Å²) in [6.45, 7) is 1.81. The number of aromatic amines is 1. The maximum atomic E-state index is 5.74. The van der Waals surface area contributed by atoms with E-state index in [0.717, 1.165) is 16.6 Å². The first kappa shape index (κ1) is 12.8. The summed E-state index contributed by atoms with van der Waals surface area (Å²) in [5, 5.41) is 9.42. The van der Waals surface area contributed by atoms with E-state index in [9.17, 15) is 0 Å². The first-order chi connectivity index (χ1) is 10.8. The molecule has 4 heteroatoms. The summed E-state index contributed by atoms with van der Waals surface area (Å²) in [6, 6.07) is 18.5. The number of nitrogens with zero attached hydrogens (tertiary/aromatic N) is 2. The Hall–Kier alpha value is -2.88. The minimum Gasteiger partial charge on any atom is -0.425 e. The maximum absolute atomic E-state index is 5.74. The van der Waals surface area contributed by atoms with Crippen LogP contribution in [0, 0.1) is 6.92 Å². The minimum absolute atomic E-state index is 0.0708. The van der Waals surface area contributed by atoms with E-state index in [1.54, 1.807) is 0 Å². The third-order valence-electron chi connectivity index (χ3n) is 3.85. The van der Waals surface area contributed by atoms with Gasteiger partial charge in [0.15, 0.2) is 0 Å². The second kappa shape index (κ2) is 5.15. The highest BCUT2D eigenvalue weighted by molar-refractivity contribution is 5.84. The number of benzene rings is 2. The number of H-pyrrole nitrogens is 1. The van der Waals surface area contributed by atoms with Gasteiger partial charge in [0.2, 0.25) is 11.8 Å². The number of fused-ring (bicyclic) bond motifs is 1. The van der Waals surface area contributed by atoms with Crippen molar-refractivity contribution < 1.29 is 4.42 Å². The van der Waals surface area contributed by atoms with Crippen LogP contribution in [-0.4, -0.2) is 15.2 Å². The lowest BCUT2D eigenvalue weighted by Crippen LogP contribution is -2.03. The lowest BCUT2D eigenvalue weighted by Gasteiger charge is -2.13. The number of hydrogen-bond donors (Lipinski definition) is 1. The van der Waals surface area contributed by atoms with Crippen LogP contribution in [0.1, 0.15) is 28.8 Å². The molecule has 1 N–H and O–H groups in total. The third-order valence-corrected chi connectivity index (χ3v) is 3.85. The van der Waals surface area contributed by atoms with Gasteiger partial charge < -0.3 is 9.40 Å². The summed E-state index contributed by atoms with van der Waals surface area (Å²) in [4.78, 5) is 3.33. The van der Waals surface area contributed by atoms with E-state index in [1.807, 2.05) is 43.5 Å². The van der Waals surface area contributed by atoms with Gasteiger partial charge in [-0.25, -0.2) is 0 Å². The Balaban J connectivity index is 1.94. The van der Waals surface area contributed by atoms with Crippen LogP contribution in [0.3, 0.4) is 0 Å². The van der Waals surface area contributed by atoms with Gasteiger partial charge in [0.25, 0.3) is 0 Å². The van der Waals surface area contributed by atoms with Gasteiger partial charge in [-0.1, -0.05) is 48.5 Å². The summed E-state index contributed by atoms with van der Waals surface area (Å²) in [6.07, 6.45) is 2.03. The molecule has 4 rings (SSSR count). The molecule has 0 amide bonds. The van der Waals surface area contributed by atoms with Crippen LogP contribution in [-0.2, 0) is 0 Å². The van der Waals surface area contributed by atoms with Crippen molar-refractivity contribution in [2.75, 3.05) is 0 Å². The molecule has 108 valence electrons. The van der Waals surface area contributed by atoms with Crippen molar-refractivity contribution in [3.63, 3.8) is 0 Å². The molecular weight excluding hydrogens is 274 g/mol. The fraction of sp³-hybridized carbons (Fsp3) is 0.111. The van der Waals surface area contributed by atoms with Gasteiger partial charge in [-0.05, 0) is 17.2 Å². The molecule has 0 bridgehead atoms. The molecule has 22 heavy (non-hydrogen) atoms. The van der Waals surface area contributed by atoms with Crippen molar-refractivity contribution in [3.8, 4) is 0 Å². The highest BCUT2D eigenvalue weighted by Crippen LogP contribution is 2.35. The summed E-state index contributed by atoms with van der Waals surface area (Å²) in [5.74, 6) is 1.13. The van der Waals surface area contributed by atoms with Crippen LogP contribution < -0.4 is 0 Å². The summed E-state index contributed by atoms with van der Waals surface area (Å²) >= 11 is 0. The van der Waals surface area contributed by atoms with Crippen molar-refractivity contribution in [3.05, 3.63) is 83.7 Å². The van der Waals surface area contributed by atoms with Gasteiger partial charge in [-0.3, -0.25) is 0 Å². The average molecular weight is 289 g/mol. The van der Waals surface area contributed by atoms with E-state index in [-0.39, 0.29) is 5.92 Å². The maximum Gasteiger partial charge on any atom is 0.228 e. The molecule has 2 aromatic carbocycles. The van der Waals surface area contributed by atoms with Crippen molar-refractivity contribution in [2.24, 2.45) is 0 Å². The Morgan fingerprint density at radius 2 is 1.73 bits per heavy atom. The van der Waals surface area contributed by atoms with Crippen molar-refractivity contribution in [1.82, 2.24) is 15.2 Å². The lowest BCUT2D eigenvalue weighted by molar-refractivity contribution is 0.462. The van der Waals surface area contributed by atoms with Crippen molar-refractivity contribution in [1.29, 1.82) is 0 Å². The Morgan fingerprint density at radius 3 is 2.50 bits per heavy atom. The lowest BCUT2D eigenvalue weighted by atomic mass is 9.91. The second-order valence-electron chi connectivity index (χ2n) is 5.29. The summed E-state index contributed by atoms with van der Waals surface area (Å²) in [7, 11) is 0. The fourth-order valence-electron chi connectivity index (χ4n) is 2.86. The van der Waals surface area contributed by atoms with Crippen LogP contribution in [0.15, 0.2) is 65.2 Å². The van der Waals surface area contributed by atoms with E-state index < -0.39 is 0 Å². The number of para-hydroxylation sites is 1. The Labute approximate surface area is 127 Å². The molecule has 4 nitrogen and oxygen atoms in total. The van der Waals surface area contributed by atoms with Gasteiger partial charge in [-0.15, -0.1) is 10.2 Å². The SMILES string of the molecule is Cc1nnc(C(c2ccccc2)c2c[nH]c3ccccc23)o1. The zero-order valence-electron chi connectivity index (χ0n) is 12.2. The van der Waals surface area contributed by atoms with Crippen molar-refractivity contribution >= 4 is 10.9 Å². The van der Waals surface area contributed by atoms with Gasteiger partial charge in [0, 0.05) is 24.0 Å².